The molecule has 2 rings (SSSR count). The molecule has 1 aromatic carbocycles. The highest BCUT2D eigenvalue weighted by molar-refractivity contribution is 7.16. The summed E-state index contributed by atoms with van der Waals surface area (Å²) in [6.45, 7) is 2.93. The molecule has 0 amide bonds. The zero-order valence-electron chi connectivity index (χ0n) is 10.1. The molecule has 0 saturated carbocycles. The first-order chi connectivity index (χ1) is 8.72. The van der Waals surface area contributed by atoms with Crippen molar-refractivity contribution in [3.63, 3.8) is 0 Å². The van der Waals surface area contributed by atoms with Crippen molar-refractivity contribution in [3.8, 4) is 0 Å². The number of benzene rings is 1. The van der Waals surface area contributed by atoms with Gasteiger partial charge in [0.2, 0.25) is 0 Å². The smallest absolute Gasteiger partial charge is 0.128 e. The molecule has 0 aliphatic rings. The van der Waals surface area contributed by atoms with Crippen LogP contribution in [0.15, 0.2) is 36.4 Å². The third-order valence-electron chi connectivity index (χ3n) is 2.69. The van der Waals surface area contributed by atoms with E-state index in [0.717, 1.165) is 22.2 Å². The number of thiophene rings is 1. The SMILES string of the molecule is CCCNC(c1ccc(Cl)s1)c1ccccc1F. The molecule has 2 aromatic rings. The Morgan fingerprint density at radius 1 is 1.28 bits per heavy atom. The normalized spacial score (nSPS) is 12.6. The third kappa shape index (κ3) is 3.10. The first-order valence-electron chi connectivity index (χ1n) is 5.95. The van der Waals surface area contributed by atoms with Gasteiger partial charge in [-0.2, -0.15) is 0 Å². The Bertz CT molecular complexity index is 512. The van der Waals surface area contributed by atoms with Gasteiger partial charge in [-0.3, -0.25) is 0 Å². The number of hydrogen-bond donors (Lipinski definition) is 1. The van der Waals surface area contributed by atoms with Crippen molar-refractivity contribution in [2.45, 2.75) is 19.4 Å². The van der Waals surface area contributed by atoms with Crippen LogP contribution in [0.1, 0.15) is 29.8 Å². The van der Waals surface area contributed by atoms with Gasteiger partial charge in [0, 0.05) is 10.4 Å². The van der Waals surface area contributed by atoms with Crippen molar-refractivity contribution in [3.05, 3.63) is 57.0 Å². The molecule has 1 heterocycles. The van der Waals surface area contributed by atoms with Gasteiger partial charge in [-0.05, 0) is 31.2 Å². The van der Waals surface area contributed by atoms with E-state index in [2.05, 4.69) is 12.2 Å². The Kier molecular flexibility index (Phi) is 4.75. The lowest BCUT2D eigenvalue weighted by molar-refractivity contribution is 0.551. The van der Waals surface area contributed by atoms with Crippen molar-refractivity contribution in [1.29, 1.82) is 0 Å². The fourth-order valence-corrected chi connectivity index (χ4v) is 3.00. The summed E-state index contributed by atoms with van der Waals surface area (Å²) in [7, 11) is 0. The zero-order chi connectivity index (χ0) is 13.0. The van der Waals surface area contributed by atoms with E-state index >= 15 is 0 Å². The van der Waals surface area contributed by atoms with Gasteiger partial charge in [0.05, 0.1) is 10.4 Å². The number of nitrogens with one attached hydrogen (secondary N) is 1. The zero-order valence-corrected chi connectivity index (χ0v) is 11.7. The van der Waals surface area contributed by atoms with Gasteiger partial charge < -0.3 is 5.32 Å². The predicted octanol–water partition coefficient (Wildman–Crippen LogP) is 4.63. The van der Waals surface area contributed by atoms with Crippen molar-refractivity contribution < 1.29 is 4.39 Å². The Balaban J connectivity index is 2.33. The van der Waals surface area contributed by atoms with Gasteiger partial charge in [-0.25, -0.2) is 4.39 Å². The summed E-state index contributed by atoms with van der Waals surface area (Å²) in [5.74, 6) is -0.185. The van der Waals surface area contributed by atoms with E-state index in [1.807, 2.05) is 24.3 Å². The molecule has 18 heavy (non-hydrogen) atoms. The summed E-state index contributed by atoms with van der Waals surface area (Å²) < 4.78 is 14.6. The topological polar surface area (TPSA) is 12.0 Å². The van der Waals surface area contributed by atoms with Gasteiger partial charge in [0.1, 0.15) is 5.82 Å². The first-order valence-corrected chi connectivity index (χ1v) is 7.15. The Hall–Kier alpha value is -0.900. The first kappa shape index (κ1) is 13.5. The molecule has 4 heteroatoms. The predicted molar refractivity (Wildman–Crippen MR) is 75.9 cm³/mol. The van der Waals surface area contributed by atoms with Gasteiger partial charge in [-0.1, -0.05) is 36.7 Å². The molecule has 1 nitrogen and oxygen atoms in total. The number of hydrogen-bond acceptors (Lipinski definition) is 2. The molecule has 0 aliphatic heterocycles. The minimum absolute atomic E-state index is 0.122. The number of rotatable bonds is 5. The van der Waals surface area contributed by atoms with E-state index in [9.17, 15) is 4.39 Å². The van der Waals surface area contributed by atoms with Crippen LogP contribution in [0, 0.1) is 5.82 Å². The van der Waals surface area contributed by atoms with Crippen molar-refractivity contribution in [2.75, 3.05) is 6.54 Å². The van der Waals surface area contributed by atoms with Crippen LogP contribution in [0.4, 0.5) is 4.39 Å². The Labute approximate surface area is 116 Å². The molecule has 1 unspecified atom stereocenters. The largest absolute Gasteiger partial charge is 0.306 e. The molecule has 96 valence electrons. The molecule has 0 saturated heterocycles. The molecule has 0 fully saturated rings. The molecule has 0 bridgehead atoms. The van der Waals surface area contributed by atoms with E-state index in [-0.39, 0.29) is 11.9 Å². The summed E-state index contributed by atoms with van der Waals surface area (Å²) in [4.78, 5) is 1.04. The fraction of sp³-hybridized carbons (Fsp3) is 0.286. The highest BCUT2D eigenvalue weighted by atomic mass is 35.5. The lowest BCUT2D eigenvalue weighted by Gasteiger charge is -2.18. The third-order valence-corrected chi connectivity index (χ3v) is 3.99. The fourth-order valence-electron chi connectivity index (χ4n) is 1.85. The lowest BCUT2D eigenvalue weighted by atomic mass is 10.0. The molecule has 0 radical (unpaired) electrons. The monoisotopic (exact) mass is 283 g/mol. The lowest BCUT2D eigenvalue weighted by Crippen LogP contribution is -2.23. The minimum atomic E-state index is -0.185. The van der Waals surface area contributed by atoms with Crippen LogP contribution in [-0.2, 0) is 0 Å². The van der Waals surface area contributed by atoms with Crippen molar-refractivity contribution in [1.82, 2.24) is 5.32 Å². The second-order valence-corrected chi connectivity index (χ2v) is 5.80. The van der Waals surface area contributed by atoms with E-state index in [0.29, 0.717) is 5.56 Å². The van der Waals surface area contributed by atoms with Gasteiger partial charge >= 0.3 is 0 Å². The highest BCUT2D eigenvalue weighted by Crippen LogP contribution is 2.32. The maximum absolute atomic E-state index is 13.9. The minimum Gasteiger partial charge on any atom is -0.306 e. The van der Waals surface area contributed by atoms with E-state index in [1.165, 1.54) is 17.4 Å². The molecular weight excluding hydrogens is 269 g/mol. The van der Waals surface area contributed by atoms with E-state index in [4.69, 9.17) is 11.6 Å². The second kappa shape index (κ2) is 6.32. The summed E-state index contributed by atoms with van der Waals surface area (Å²) in [6.07, 6.45) is 1.00. The molecular formula is C14H15ClFNS. The number of halogens is 2. The maximum atomic E-state index is 13.9. The highest BCUT2D eigenvalue weighted by Gasteiger charge is 2.18. The average molecular weight is 284 g/mol. The quantitative estimate of drug-likeness (QED) is 0.844. The summed E-state index contributed by atoms with van der Waals surface area (Å²) in [5, 5.41) is 3.37. The molecule has 0 spiro atoms. The molecule has 1 N–H and O–H groups in total. The summed E-state index contributed by atoms with van der Waals surface area (Å²) in [6, 6.07) is 10.5. The second-order valence-electron chi connectivity index (χ2n) is 4.05. The summed E-state index contributed by atoms with van der Waals surface area (Å²) in [5.41, 5.74) is 0.671. The van der Waals surface area contributed by atoms with Gasteiger partial charge in [0.25, 0.3) is 0 Å². The van der Waals surface area contributed by atoms with Crippen LogP contribution in [0.2, 0.25) is 4.34 Å². The van der Waals surface area contributed by atoms with Crippen LogP contribution in [0.25, 0.3) is 0 Å². The van der Waals surface area contributed by atoms with Gasteiger partial charge in [-0.15, -0.1) is 11.3 Å². The van der Waals surface area contributed by atoms with Crippen LogP contribution >= 0.6 is 22.9 Å². The van der Waals surface area contributed by atoms with Crippen LogP contribution in [-0.4, -0.2) is 6.54 Å². The van der Waals surface area contributed by atoms with Crippen molar-refractivity contribution in [2.24, 2.45) is 0 Å². The standard InChI is InChI=1S/C14H15ClFNS/c1-2-9-17-14(12-7-8-13(15)18-12)10-5-3-4-6-11(10)16/h3-8,14,17H,2,9H2,1H3. The van der Waals surface area contributed by atoms with Gasteiger partial charge in [0.15, 0.2) is 0 Å². The molecule has 1 aromatic heterocycles. The summed E-state index contributed by atoms with van der Waals surface area (Å²) >= 11 is 7.45. The van der Waals surface area contributed by atoms with E-state index in [1.54, 1.807) is 6.07 Å². The molecule has 0 aliphatic carbocycles. The van der Waals surface area contributed by atoms with Crippen LogP contribution < -0.4 is 5.32 Å². The van der Waals surface area contributed by atoms with Crippen LogP contribution in [0.5, 0.6) is 0 Å². The van der Waals surface area contributed by atoms with E-state index < -0.39 is 0 Å². The Morgan fingerprint density at radius 3 is 2.67 bits per heavy atom. The maximum Gasteiger partial charge on any atom is 0.128 e. The Morgan fingerprint density at radius 2 is 2.06 bits per heavy atom. The average Bonchev–Trinajstić information content (AvgIpc) is 2.78. The van der Waals surface area contributed by atoms with Crippen molar-refractivity contribution >= 4 is 22.9 Å². The molecule has 1 atom stereocenters. The van der Waals surface area contributed by atoms with Crippen LogP contribution in [0.3, 0.4) is 0 Å².